The van der Waals surface area contributed by atoms with Crippen LogP contribution in [0.1, 0.15) is 79.1 Å². The summed E-state index contributed by atoms with van der Waals surface area (Å²) < 4.78 is 0. The molecule has 4 saturated heterocycles. The van der Waals surface area contributed by atoms with Gasteiger partial charge in [0.05, 0.1) is 0 Å². The van der Waals surface area contributed by atoms with Crippen LogP contribution in [0, 0.1) is 21.7 Å². The first-order valence-electron chi connectivity index (χ1n) is 13.3. The molecule has 2 saturated carbocycles. The molecule has 6 aliphatic rings. The third-order valence-electron chi connectivity index (χ3n) is 11.6. The largest absolute Gasteiger partial charge is 0.310 e. The summed E-state index contributed by atoms with van der Waals surface area (Å²) in [4.78, 5) is 5.80. The first-order chi connectivity index (χ1) is 14.3. The first kappa shape index (κ1) is 20.4. The van der Waals surface area contributed by atoms with Gasteiger partial charge >= 0.3 is 0 Å². The molecule has 4 nitrogen and oxygen atoms in total. The quantitative estimate of drug-likeness (QED) is 0.737. The normalized spacial score (nSPS) is 49.6. The number of hydrogen-bond donors (Lipinski definition) is 2. The maximum atomic E-state index is 4.28. The third-order valence-corrected chi connectivity index (χ3v) is 11.6. The second-order valence-electron chi connectivity index (χ2n) is 13.1. The zero-order valence-corrected chi connectivity index (χ0v) is 20.1. The van der Waals surface area contributed by atoms with Gasteiger partial charge in [-0.3, -0.25) is 0 Å². The lowest BCUT2D eigenvalue weighted by Crippen LogP contribution is -2.74. The molecule has 4 bridgehead atoms. The molecular weight excluding hydrogens is 368 g/mol. The van der Waals surface area contributed by atoms with Crippen molar-refractivity contribution in [3.8, 4) is 0 Å². The molecule has 0 aromatic rings. The molecule has 0 spiro atoms. The van der Waals surface area contributed by atoms with E-state index in [0.29, 0.717) is 45.8 Å². The van der Waals surface area contributed by atoms with Crippen LogP contribution in [0.3, 0.4) is 0 Å². The van der Waals surface area contributed by atoms with E-state index in [2.05, 4.69) is 48.1 Å². The number of hydrogen-bond acceptors (Lipinski definition) is 4. The SMILES string of the molecule is CC1(C)[C@H]2C[C@@H]3N[C@@H]4C[C@H](N2)[C@]1(CN1CCCCC1)[C@@]3(CN1CCCCC1)C4(C)C. The summed E-state index contributed by atoms with van der Waals surface area (Å²) >= 11 is 0. The zero-order chi connectivity index (χ0) is 20.8. The Bertz CT molecular complexity index is 619. The lowest BCUT2D eigenvalue weighted by molar-refractivity contribution is -0.194. The van der Waals surface area contributed by atoms with Crippen LogP contribution in [-0.4, -0.2) is 73.2 Å². The molecule has 30 heavy (non-hydrogen) atoms. The number of nitrogens with zero attached hydrogens (tertiary/aromatic N) is 2. The Kier molecular flexibility index (Phi) is 4.55. The van der Waals surface area contributed by atoms with Crippen molar-refractivity contribution in [3.05, 3.63) is 0 Å². The van der Waals surface area contributed by atoms with Gasteiger partial charge in [0.1, 0.15) is 0 Å². The Balaban J connectivity index is 1.49. The van der Waals surface area contributed by atoms with E-state index in [1.807, 2.05) is 0 Å². The van der Waals surface area contributed by atoms with Crippen molar-refractivity contribution in [1.29, 1.82) is 0 Å². The maximum absolute atomic E-state index is 4.28. The van der Waals surface area contributed by atoms with Crippen molar-refractivity contribution >= 4 is 0 Å². The van der Waals surface area contributed by atoms with Crippen LogP contribution in [0.4, 0.5) is 0 Å². The van der Waals surface area contributed by atoms with Crippen molar-refractivity contribution in [2.75, 3.05) is 39.3 Å². The van der Waals surface area contributed by atoms with Gasteiger partial charge in [-0.25, -0.2) is 0 Å². The Morgan fingerprint density at radius 2 is 0.933 bits per heavy atom. The van der Waals surface area contributed by atoms with Crippen molar-refractivity contribution in [3.63, 3.8) is 0 Å². The Labute approximate surface area is 184 Å². The van der Waals surface area contributed by atoms with Crippen LogP contribution in [0.25, 0.3) is 0 Å². The summed E-state index contributed by atoms with van der Waals surface area (Å²) in [6.45, 7) is 18.6. The van der Waals surface area contributed by atoms with E-state index in [1.54, 1.807) is 0 Å². The van der Waals surface area contributed by atoms with Crippen LogP contribution in [0.15, 0.2) is 0 Å². The van der Waals surface area contributed by atoms with Gasteiger partial charge in [0.2, 0.25) is 0 Å². The summed E-state index contributed by atoms with van der Waals surface area (Å²) in [5.41, 5.74) is 1.45. The predicted octanol–water partition coefficient (Wildman–Crippen LogP) is 3.47. The molecular formula is C26H46N4. The standard InChI is InChI=1S/C26H46N4/c1-23(2)19-15-22-26(18-30-13-9-6-10-14-30)24(3,4)20(28-22)16-21(27-19)25(23,26)17-29-11-7-5-8-12-29/h19-22,27-28H,5-18H2,1-4H3/t19-,20-,21+,22+,25-,26+/m1/s1. The van der Waals surface area contributed by atoms with Gasteiger partial charge in [0.25, 0.3) is 0 Å². The molecule has 6 rings (SSSR count). The van der Waals surface area contributed by atoms with E-state index < -0.39 is 0 Å². The van der Waals surface area contributed by atoms with Crippen LogP contribution >= 0.6 is 0 Å². The molecule has 6 atom stereocenters. The van der Waals surface area contributed by atoms with Crippen molar-refractivity contribution in [2.45, 2.75) is 103 Å². The molecule has 170 valence electrons. The van der Waals surface area contributed by atoms with Crippen LogP contribution in [0.5, 0.6) is 0 Å². The number of piperidine rings is 2. The van der Waals surface area contributed by atoms with E-state index in [-0.39, 0.29) is 0 Å². The van der Waals surface area contributed by atoms with Crippen LogP contribution in [0.2, 0.25) is 0 Å². The Morgan fingerprint density at radius 1 is 0.567 bits per heavy atom. The molecule has 2 aliphatic carbocycles. The lowest BCUT2D eigenvalue weighted by atomic mass is 9.35. The molecule has 4 heteroatoms. The molecule has 6 fully saturated rings. The van der Waals surface area contributed by atoms with Gasteiger partial charge in [-0.1, -0.05) is 40.5 Å². The summed E-state index contributed by atoms with van der Waals surface area (Å²) in [7, 11) is 0. The van der Waals surface area contributed by atoms with Gasteiger partial charge in [-0.2, -0.15) is 0 Å². The molecule has 0 amide bonds. The fourth-order valence-electron chi connectivity index (χ4n) is 10.1. The minimum absolute atomic E-state index is 0.357. The van der Waals surface area contributed by atoms with E-state index in [1.165, 1.54) is 90.6 Å². The van der Waals surface area contributed by atoms with Crippen LogP contribution < -0.4 is 10.6 Å². The second kappa shape index (κ2) is 6.68. The third kappa shape index (κ3) is 2.33. The highest BCUT2D eigenvalue weighted by atomic mass is 15.3. The van der Waals surface area contributed by atoms with Gasteiger partial charge in [-0.05, 0) is 75.5 Å². The average Bonchev–Trinajstić information content (AvgIpc) is 2.94. The average molecular weight is 415 g/mol. The van der Waals surface area contributed by atoms with E-state index in [0.717, 1.165) is 0 Å². The second-order valence-corrected chi connectivity index (χ2v) is 13.1. The van der Waals surface area contributed by atoms with Crippen molar-refractivity contribution in [1.82, 2.24) is 20.4 Å². The number of nitrogens with one attached hydrogen (secondary N) is 2. The van der Waals surface area contributed by atoms with E-state index in [4.69, 9.17) is 0 Å². The van der Waals surface area contributed by atoms with Gasteiger partial charge < -0.3 is 20.4 Å². The highest BCUT2D eigenvalue weighted by Gasteiger charge is 2.83. The molecule has 0 aromatic heterocycles. The van der Waals surface area contributed by atoms with Gasteiger partial charge in [0, 0.05) is 48.1 Å². The Hall–Kier alpha value is -0.160. The molecule has 4 heterocycles. The molecule has 2 N–H and O–H groups in total. The minimum atomic E-state index is 0.357. The Morgan fingerprint density at radius 3 is 1.30 bits per heavy atom. The summed E-state index contributed by atoms with van der Waals surface area (Å²) in [5, 5.41) is 8.56. The highest BCUT2D eigenvalue weighted by molar-refractivity contribution is 5.36. The minimum Gasteiger partial charge on any atom is -0.310 e. The number of likely N-dealkylation sites (tertiary alicyclic amines) is 2. The van der Waals surface area contributed by atoms with E-state index in [9.17, 15) is 0 Å². The fraction of sp³-hybridized carbons (Fsp3) is 1.00. The zero-order valence-electron chi connectivity index (χ0n) is 20.1. The molecule has 4 aliphatic heterocycles. The smallest absolute Gasteiger partial charge is 0.0166 e. The summed E-state index contributed by atoms with van der Waals surface area (Å²) in [5.74, 6) is 0. The van der Waals surface area contributed by atoms with Crippen molar-refractivity contribution < 1.29 is 0 Å². The molecule has 0 unspecified atom stereocenters. The van der Waals surface area contributed by atoms with Gasteiger partial charge in [0.15, 0.2) is 0 Å². The van der Waals surface area contributed by atoms with Crippen LogP contribution in [-0.2, 0) is 0 Å². The van der Waals surface area contributed by atoms with E-state index >= 15 is 0 Å². The summed E-state index contributed by atoms with van der Waals surface area (Å²) in [6, 6.07) is 2.72. The fourth-order valence-corrected chi connectivity index (χ4v) is 10.1. The van der Waals surface area contributed by atoms with Crippen molar-refractivity contribution in [2.24, 2.45) is 21.7 Å². The number of fused-ring (bicyclic) bond motifs is 2. The van der Waals surface area contributed by atoms with Gasteiger partial charge in [-0.15, -0.1) is 0 Å². The number of rotatable bonds is 4. The highest BCUT2D eigenvalue weighted by Crippen LogP contribution is 2.76. The topological polar surface area (TPSA) is 30.5 Å². The maximum Gasteiger partial charge on any atom is 0.0166 e. The lowest BCUT2D eigenvalue weighted by Gasteiger charge is -2.69. The molecule has 0 radical (unpaired) electrons. The molecule has 0 aromatic carbocycles. The predicted molar refractivity (Wildman–Crippen MR) is 124 cm³/mol. The monoisotopic (exact) mass is 414 g/mol. The first-order valence-corrected chi connectivity index (χ1v) is 13.3. The summed E-state index contributed by atoms with van der Waals surface area (Å²) in [6.07, 6.45) is 11.2.